The number of nitrogens with zero attached hydrogens (tertiary/aromatic N) is 6. The Kier molecular flexibility index (Phi) is 8.63. The van der Waals surface area contributed by atoms with E-state index in [4.69, 9.17) is 4.74 Å². The quantitative estimate of drug-likeness (QED) is 0.325. The molecule has 11 heteroatoms. The number of hydrogen-bond acceptors (Lipinski definition) is 9. The number of anilines is 1. The molecule has 2 aliphatic rings. The normalized spacial score (nSPS) is 22.1. The summed E-state index contributed by atoms with van der Waals surface area (Å²) in [6.45, 7) is 8.32. The van der Waals surface area contributed by atoms with E-state index in [1.54, 1.807) is 31.8 Å². The summed E-state index contributed by atoms with van der Waals surface area (Å²) in [6, 6.07) is 6.59. The number of fused-ring (bicyclic) bond motifs is 1. The number of aliphatic imine (C=N–C) groups is 1. The molecule has 1 aliphatic carbocycles. The molecule has 40 heavy (non-hydrogen) atoms. The van der Waals surface area contributed by atoms with Crippen molar-refractivity contribution in [3.05, 3.63) is 48.2 Å². The maximum absolute atomic E-state index is 13.0. The molecule has 210 valence electrons. The van der Waals surface area contributed by atoms with Crippen molar-refractivity contribution >= 4 is 44.7 Å². The van der Waals surface area contributed by atoms with Crippen molar-refractivity contribution in [2.45, 2.75) is 52.3 Å². The van der Waals surface area contributed by atoms with E-state index in [1.165, 1.54) is 11.3 Å². The van der Waals surface area contributed by atoms with Crippen LogP contribution < -0.4 is 5.32 Å². The van der Waals surface area contributed by atoms with E-state index in [2.05, 4.69) is 43.2 Å². The van der Waals surface area contributed by atoms with E-state index in [0.717, 1.165) is 40.7 Å². The van der Waals surface area contributed by atoms with E-state index < -0.39 is 0 Å². The van der Waals surface area contributed by atoms with Gasteiger partial charge in [0.1, 0.15) is 12.3 Å². The van der Waals surface area contributed by atoms with E-state index in [9.17, 15) is 9.59 Å². The van der Waals surface area contributed by atoms with Crippen LogP contribution in [0.5, 0.6) is 0 Å². The number of methoxy groups -OCH3 is 1. The van der Waals surface area contributed by atoms with E-state index in [0.29, 0.717) is 42.4 Å². The average Bonchev–Trinajstić information content (AvgIpc) is 3.33. The smallest absolute Gasteiger partial charge is 0.272 e. The summed E-state index contributed by atoms with van der Waals surface area (Å²) in [6.07, 6.45) is 8.63. The van der Waals surface area contributed by atoms with Gasteiger partial charge in [-0.25, -0.2) is 15.0 Å². The van der Waals surface area contributed by atoms with E-state index in [1.807, 2.05) is 30.9 Å². The van der Waals surface area contributed by atoms with Crippen LogP contribution in [-0.4, -0.2) is 81.6 Å². The molecule has 2 aromatic heterocycles. The maximum Gasteiger partial charge on any atom is 0.272 e. The van der Waals surface area contributed by atoms with Crippen LogP contribution in [-0.2, 0) is 20.9 Å². The zero-order valence-corrected chi connectivity index (χ0v) is 24.1. The Morgan fingerprint density at radius 3 is 2.62 bits per heavy atom. The molecular formula is C29H35N7O3S. The number of aromatic nitrogens is 3. The lowest BCUT2D eigenvalue weighted by Crippen LogP contribution is -2.60. The summed E-state index contributed by atoms with van der Waals surface area (Å²) in [5, 5.41) is 3.65. The summed E-state index contributed by atoms with van der Waals surface area (Å²) in [5.41, 5.74) is 3.24. The van der Waals surface area contributed by atoms with Crippen LogP contribution in [0.3, 0.4) is 0 Å². The lowest BCUT2D eigenvalue weighted by atomic mass is 9.78. The van der Waals surface area contributed by atoms with Crippen LogP contribution >= 0.6 is 11.3 Å². The minimum atomic E-state index is -0.0317. The number of hydrogen-bond donors (Lipinski definition) is 1. The van der Waals surface area contributed by atoms with Gasteiger partial charge in [-0.05, 0) is 51.3 Å². The van der Waals surface area contributed by atoms with E-state index >= 15 is 0 Å². The highest BCUT2D eigenvalue weighted by atomic mass is 32.1. The van der Waals surface area contributed by atoms with Crippen LogP contribution in [0.4, 0.5) is 5.13 Å². The Labute approximate surface area is 238 Å². The number of allylic oxidation sites excluding steroid dienone is 1. The fourth-order valence-corrected chi connectivity index (χ4v) is 6.31. The molecule has 1 saturated carbocycles. The second-order valence-corrected chi connectivity index (χ2v) is 11.3. The number of rotatable bonds is 8. The first kappa shape index (κ1) is 28.0. The van der Waals surface area contributed by atoms with Gasteiger partial charge in [0.2, 0.25) is 5.91 Å². The molecule has 0 spiro atoms. The summed E-state index contributed by atoms with van der Waals surface area (Å²) in [5.74, 6) is 0.611. The van der Waals surface area contributed by atoms with Crippen LogP contribution in [0.15, 0.2) is 47.4 Å². The van der Waals surface area contributed by atoms with Crippen LogP contribution in [0.25, 0.3) is 21.3 Å². The second kappa shape index (κ2) is 12.3. The van der Waals surface area contributed by atoms with Gasteiger partial charge in [-0.3, -0.25) is 19.5 Å². The fourth-order valence-electron chi connectivity index (χ4n) is 5.40. The monoisotopic (exact) mass is 561 g/mol. The molecule has 3 aromatic rings. The number of carbonyl (C=O) groups is 2. The maximum atomic E-state index is 13.0. The summed E-state index contributed by atoms with van der Waals surface area (Å²) in [7, 11) is 1.62. The minimum Gasteiger partial charge on any atom is -0.377 e. The average molecular weight is 562 g/mol. The molecule has 5 rings (SSSR count). The number of ether oxygens (including phenoxy) is 1. The third-order valence-electron chi connectivity index (χ3n) is 7.61. The van der Waals surface area contributed by atoms with Gasteiger partial charge < -0.3 is 15.0 Å². The lowest BCUT2D eigenvalue weighted by molar-refractivity contribution is -0.132. The summed E-state index contributed by atoms with van der Waals surface area (Å²) >= 11 is 1.47. The van der Waals surface area contributed by atoms with E-state index in [-0.39, 0.29) is 23.8 Å². The molecule has 0 bridgehead atoms. The Balaban J connectivity index is 1.14. The predicted octanol–water partition coefficient (Wildman–Crippen LogP) is 4.14. The predicted molar refractivity (Wildman–Crippen MR) is 157 cm³/mol. The fraction of sp³-hybridized carbons (Fsp3) is 0.448. The van der Waals surface area contributed by atoms with Crippen molar-refractivity contribution in [2.75, 3.05) is 32.1 Å². The van der Waals surface area contributed by atoms with Crippen molar-refractivity contribution in [3.63, 3.8) is 0 Å². The van der Waals surface area contributed by atoms with Gasteiger partial charge in [0.25, 0.3) is 5.91 Å². The molecule has 2 fully saturated rings. The van der Waals surface area contributed by atoms with Crippen molar-refractivity contribution in [3.8, 4) is 11.1 Å². The highest BCUT2D eigenvalue weighted by Crippen LogP contribution is 2.36. The standard InChI is InChI=1S/C29H35N7O3S/c1-5-23(30-6-2)28(38)35-9-10-36(18(3)16-35)22-11-20(12-22)27(37)34-29-33-24-8-7-19(13-25(24)40-29)21-14-31-26(17-39-4)32-15-21/h5-8,13-15,18,20,22H,9-12,16-17H2,1-4H3,(H,33,34,37)/b23-5-,30-6?. The zero-order valence-electron chi connectivity index (χ0n) is 23.3. The first-order chi connectivity index (χ1) is 19.4. The molecular weight excluding hydrogens is 526 g/mol. The first-order valence-corrected chi connectivity index (χ1v) is 14.4. The molecule has 1 saturated heterocycles. The van der Waals surface area contributed by atoms with Crippen LogP contribution in [0.2, 0.25) is 0 Å². The Hall–Kier alpha value is -3.54. The van der Waals surface area contributed by atoms with Gasteiger partial charge in [0.15, 0.2) is 11.0 Å². The molecule has 1 aromatic carbocycles. The molecule has 0 radical (unpaired) electrons. The first-order valence-electron chi connectivity index (χ1n) is 13.6. The molecule has 1 N–H and O–H groups in total. The Bertz CT molecular complexity index is 1430. The Morgan fingerprint density at radius 1 is 1.18 bits per heavy atom. The van der Waals surface area contributed by atoms with Gasteiger partial charge in [-0.2, -0.15) is 0 Å². The SMILES string of the molecule is CC=N/C(=C\C)C(=O)N1CCN(C2CC(C(=O)Nc3nc4ccc(-c5cnc(COC)nc5)cc4s3)C2)C(C)C1. The molecule has 1 atom stereocenters. The molecule has 3 heterocycles. The van der Waals surface area contributed by atoms with Gasteiger partial charge in [-0.15, -0.1) is 0 Å². The number of thiazole rings is 1. The van der Waals surface area contributed by atoms with Crippen molar-refractivity contribution in [2.24, 2.45) is 10.9 Å². The lowest BCUT2D eigenvalue weighted by Gasteiger charge is -2.49. The van der Waals surface area contributed by atoms with Crippen molar-refractivity contribution in [1.29, 1.82) is 0 Å². The van der Waals surface area contributed by atoms with Gasteiger partial charge in [0, 0.05) is 68.9 Å². The third-order valence-corrected chi connectivity index (χ3v) is 8.54. The molecule has 2 amide bonds. The number of nitrogens with one attached hydrogen (secondary N) is 1. The largest absolute Gasteiger partial charge is 0.377 e. The van der Waals surface area contributed by atoms with Gasteiger partial charge in [0.05, 0.1) is 10.2 Å². The third kappa shape index (κ3) is 5.96. The number of piperazine rings is 1. The number of carbonyl (C=O) groups excluding carboxylic acids is 2. The molecule has 10 nitrogen and oxygen atoms in total. The Morgan fingerprint density at radius 2 is 1.95 bits per heavy atom. The summed E-state index contributed by atoms with van der Waals surface area (Å²) in [4.78, 5) is 47.6. The highest BCUT2D eigenvalue weighted by molar-refractivity contribution is 7.22. The highest BCUT2D eigenvalue weighted by Gasteiger charge is 2.41. The van der Waals surface area contributed by atoms with Crippen LogP contribution in [0.1, 0.15) is 39.4 Å². The topological polar surface area (TPSA) is 113 Å². The minimum absolute atomic E-state index is 0.0192. The number of amides is 2. The summed E-state index contributed by atoms with van der Waals surface area (Å²) < 4.78 is 6.07. The van der Waals surface area contributed by atoms with Gasteiger partial charge in [-0.1, -0.05) is 23.5 Å². The number of benzene rings is 1. The van der Waals surface area contributed by atoms with Gasteiger partial charge >= 0.3 is 0 Å². The molecule has 1 unspecified atom stereocenters. The van der Waals surface area contributed by atoms with Crippen molar-refractivity contribution in [1.82, 2.24) is 24.8 Å². The second-order valence-electron chi connectivity index (χ2n) is 10.2. The van der Waals surface area contributed by atoms with Crippen LogP contribution in [0, 0.1) is 5.92 Å². The zero-order chi connectivity index (χ0) is 28.2. The molecule has 1 aliphatic heterocycles. The van der Waals surface area contributed by atoms with Crippen molar-refractivity contribution < 1.29 is 14.3 Å².